The third-order valence-electron chi connectivity index (χ3n) is 5.11. The Morgan fingerprint density at radius 3 is 2.12 bits per heavy atom. The van der Waals surface area contributed by atoms with Gasteiger partial charge in [0.15, 0.2) is 0 Å². The van der Waals surface area contributed by atoms with Crippen molar-refractivity contribution in [1.29, 1.82) is 0 Å². The summed E-state index contributed by atoms with van der Waals surface area (Å²) in [6, 6.07) is 13.9. The molecule has 180 valence electrons. The number of rotatable bonds is 8. The van der Waals surface area contributed by atoms with E-state index in [2.05, 4.69) is 5.32 Å². The Labute approximate surface area is 197 Å². The Morgan fingerprint density at radius 2 is 1.61 bits per heavy atom. The Bertz CT molecular complexity index is 1090. The second-order valence-corrected chi connectivity index (χ2v) is 11.4. The highest BCUT2D eigenvalue weighted by Crippen LogP contribution is 2.20. The summed E-state index contributed by atoms with van der Waals surface area (Å²) < 4.78 is 26.2. The molecule has 2 amide bonds. The molecule has 0 aliphatic rings. The Balaban J connectivity index is 2.39. The van der Waals surface area contributed by atoms with Crippen LogP contribution in [0.3, 0.4) is 0 Å². The maximum absolute atomic E-state index is 13.5. The first-order chi connectivity index (χ1) is 15.2. The van der Waals surface area contributed by atoms with E-state index in [1.165, 1.54) is 4.90 Å². The largest absolute Gasteiger partial charge is 0.350 e. The molecule has 0 bridgehead atoms. The number of anilines is 1. The van der Waals surface area contributed by atoms with Crippen LogP contribution in [-0.2, 0) is 26.2 Å². The highest BCUT2D eigenvalue weighted by molar-refractivity contribution is 7.92. The number of carbonyl (C=O) groups excluding carboxylic acids is 2. The van der Waals surface area contributed by atoms with Gasteiger partial charge in [-0.25, -0.2) is 8.42 Å². The summed E-state index contributed by atoms with van der Waals surface area (Å²) in [6.07, 6.45) is 1.07. The molecule has 0 saturated heterocycles. The summed E-state index contributed by atoms with van der Waals surface area (Å²) >= 11 is 0. The normalized spacial score (nSPS) is 12.7. The monoisotopic (exact) mass is 473 g/mol. The van der Waals surface area contributed by atoms with Gasteiger partial charge in [-0.2, -0.15) is 0 Å². The number of benzene rings is 2. The summed E-state index contributed by atoms with van der Waals surface area (Å²) in [5.74, 6) is -0.761. The van der Waals surface area contributed by atoms with Crippen molar-refractivity contribution in [3.8, 4) is 0 Å². The molecule has 8 heteroatoms. The molecule has 1 atom stereocenters. The first-order valence-corrected chi connectivity index (χ1v) is 12.7. The zero-order valence-electron chi connectivity index (χ0n) is 20.5. The van der Waals surface area contributed by atoms with E-state index in [1.54, 1.807) is 25.1 Å². The van der Waals surface area contributed by atoms with Gasteiger partial charge in [0.1, 0.15) is 12.6 Å². The number of nitrogens with zero attached hydrogens (tertiary/aromatic N) is 2. The van der Waals surface area contributed by atoms with Gasteiger partial charge in [-0.3, -0.25) is 13.9 Å². The molecule has 0 spiro atoms. The summed E-state index contributed by atoms with van der Waals surface area (Å²) in [5.41, 5.74) is 2.75. The molecule has 2 aromatic carbocycles. The van der Waals surface area contributed by atoms with Crippen molar-refractivity contribution in [3.05, 3.63) is 65.2 Å². The van der Waals surface area contributed by atoms with Crippen LogP contribution >= 0.6 is 0 Å². The molecule has 2 rings (SSSR count). The number of nitrogens with one attached hydrogen (secondary N) is 1. The molecule has 0 aliphatic heterocycles. The van der Waals surface area contributed by atoms with Gasteiger partial charge in [-0.15, -0.1) is 0 Å². The summed E-state index contributed by atoms with van der Waals surface area (Å²) in [5, 5.41) is 2.91. The molecule has 0 radical (unpaired) electrons. The SMILES string of the molecule is Cc1ccc(CN(C(=O)CN(c2cccc(C)c2)S(C)(=O)=O)C(C)C(=O)NC(C)(C)C)cc1. The van der Waals surface area contributed by atoms with Crippen molar-refractivity contribution in [2.75, 3.05) is 17.1 Å². The first kappa shape index (κ1) is 26.4. The maximum atomic E-state index is 13.5. The van der Waals surface area contributed by atoms with Gasteiger partial charge in [-0.05, 0) is 64.8 Å². The number of sulfonamides is 1. The molecule has 0 aliphatic carbocycles. The van der Waals surface area contributed by atoms with Crippen molar-refractivity contribution in [2.24, 2.45) is 0 Å². The van der Waals surface area contributed by atoms with E-state index < -0.39 is 34.1 Å². The van der Waals surface area contributed by atoms with Gasteiger partial charge in [0, 0.05) is 12.1 Å². The summed E-state index contributed by atoms with van der Waals surface area (Å²) in [4.78, 5) is 27.8. The summed E-state index contributed by atoms with van der Waals surface area (Å²) in [7, 11) is -3.73. The van der Waals surface area contributed by atoms with Crippen LogP contribution < -0.4 is 9.62 Å². The average Bonchev–Trinajstić information content (AvgIpc) is 2.68. The average molecular weight is 474 g/mol. The lowest BCUT2D eigenvalue weighted by molar-refractivity contribution is -0.140. The second-order valence-electron chi connectivity index (χ2n) is 9.53. The van der Waals surface area contributed by atoms with Gasteiger partial charge in [0.05, 0.1) is 11.9 Å². The molecule has 7 nitrogen and oxygen atoms in total. The standard InChI is InChI=1S/C25H35N3O4S/c1-18-11-13-21(14-12-18)16-27(20(3)24(30)26-25(4,5)6)23(29)17-28(33(7,31)32)22-10-8-9-19(2)15-22/h8-15,20H,16-17H2,1-7H3,(H,26,30). The minimum Gasteiger partial charge on any atom is -0.350 e. The Morgan fingerprint density at radius 1 is 1.00 bits per heavy atom. The number of carbonyl (C=O) groups is 2. The second kappa shape index (κ2) is 10.4. The predicted octanol–water partition coefficient (Wildman–Crippen LogP) is 3.40. The number of hydrogen-bond donors (Lipinski definition) is 1. The Kier molecular flexibility index (Phi) is 8.30. The van der Waals surface area contributed by atoms with E-state index in [0.29, 0.717) is 5.69 Å². The van der Waals surface area contributed by atoms with Crippen LogP contribution in [0, 0.1) is 13.8 Å². The van der Waals surface area contributed by atoms with Crippen LogP contribution in [0.2, 0.25) is 0 Å². The highest BCUT2D eigenvalue weighted by Gasteiger charge is 2.31. The lowest BCUT2D eigenvalue weighted by Crippen LogP contribution is -2.54. The van der Waals surface area contributed by atoms with E-state index in [0.717, 1.165) is 27.3 Å². The van der Waals surface area contributed by atoms with E-state index >= 15 is 0 Å². The molecule has 0 saturated carbocycles. The third kappa shape index (κ3) is 7.89. The van der Waals surface area contributed by atoms with Crippen LogP contribution in [0.4, 0.5) is 5.69 Å². The van der Waals surface area contributed by atoms with Gasteiger partial charge in [0.2, 0.25) is 21.8 Å². The fourth-order valence-electron chi connectivity index (χ4n) is 3.34. The van der Waals surface area contributed by atoms with Gasteiger partial charge < -0.3 is 10.2 Å². The molecular weight excluding hydrogens is 438 g/mol. The number of aryl methyl sites for hydroxylation is 2. The number of hydrogen-bond acceptors (Lipinski definition) is 4. The van der Waals surface area contributed by atoms with Crippen molar-refractivity contribution >= 4 is 27.5 Å². The van der Waals surface area contributed by atoms with Crippen LogP contribution in [0.15, 0.2) is 48.5 Å². The van der Waals surface area contributed by atoms with Crippen LogP contribution in [0.25, 0.3) is 0 Å². The molecule has 0 aromatic heterocycles. The quantitative estimate of drug-likeness (QED) is 0.637. The lowest BCUT2D eigenvalue weighted by Gasteiger charge is -2.33. The Hall–Kier alpha value is -2.87. The van der Waals surface area contributed by atoms with Gasteiger partial charge in [-0.1, -0.05) is 42.0 Å². The number of amides is 2. The van der Waals surface area contributed by atoms with E-state index in [1.807, 2.05) is 65.0 Å². The van der Waals surface area contributed by atoms with Crippen LogP contribution in [0.1, 0.15) is 44.4 Å². The zero-order valence-corrected chi connectivity index (χ0v) is 21.4. The smallest absolute Gasteiger partial charge is 0.244 e. The van der Waals surface area contributed by atoms with Crippen LogP contribution in [0.5, 0.6) is 0 Å². The minimum atomic E-state index is -3.73. The maximum Gasteiger partial charge on any atom is 0.244 e. The predicted molar refractivity (Wildman–Crippen MR) is 132 cm³/mol. The summed E-state index contributed by atoms with van der Waals surface area (Å²) in [6.45, 7) is 10.9. The third-order valence-corrected chi connectivity index (χ3v) is 6.25. The molecular formula is C25H35N3O4S. The minimum absolute atomic E-state index is 0.184. The topological polar surface area (TPSA) is 86.8 Å². The fourth-order valence-corrected chi connectivity index (χ4v) is 4.19. The highest BCUT2D eigenvalue weighted by atomic mass is 32.2. The van der Waals surface area contributed by atoms with Gasteiger partial charge >= 0.3 is 0 Å². The molecule has 0 heterocycles. The fraction of sp³-hybridized carbons (Fsp3) is 0.440. The van der Waals surface area contributed by atoms with Crippen molar-refractivity contribution in [3.63, 3.8) is 0 Å². The molecule has 33 heavy (non-hydrogen) atoms. The van der Waals surface area contributed by atoms with E-state index in [9.17, 15) is 18.0 Å². The van der Waals surface area contributed by atoms with Crippen molar-refractivity contribution in [2.45, 2.75) is 59.7 Å². The lowest BCUT2D eigenvalue weighted by atomic mass is 10.1. The first-order valence-electron chi connectivity index (χ1n) is 10.9. The molecule has 0 fully saturated rings. The molecule has 1 N–H and O–H groups in total. The van der Waals surface area contributed by atoms with Gasteiger partial charge in [0.25, 0.3) is 0 Å². The van der Waals surface area contributed by atoms with E-state index in [-0.39, 0.29) is 12.5 Å². The van der Waals surface area contributed by atoms with E-state index in [4.69, 9.17) is 0 Å². The van der Waals surface area contributed by atoms with Crippen molar-refractivity contribution < 1.29 is 18.0 Å². The molecule has 2 aromatic rings. The molecule has 1 unspecified atom stereocenters. The van der Waals surface area contributed by atoms with Crippen LogP contribution in [-0.4, -0.2) is 49.5 Å². The van der Waals surface area contributed by atoms with Crippen molar-refractivity contribution in [1.82, 2.24) is 10.2 Å². The zero-order chi connectivity index (χ0) is 25.0.